The molecule has 0 heterocycles. The number of carbonyl (C=O) groups is 1. The van der Waals surface area contributed by atoms with E-state index in [4.69, 9.17) is 11.6 Å². The number of carbonyl (C=O) groups excluding carboxylic acids is 1. The van der Waals surface area contributed by atoms with Gasteiger partial charge in [0.25, 0.3) is 5.91 Å². The lowest BCUT2D eigenvalue weighted by atomic mass is 9.91. The van der Waals surface area contributed by atoms with E-state index in [1.807, 2.05) is 0 Å². The maximum atomic E-state index is 12.3. The number of hydrogen-bond donors (Lipinski definition) is 1. The molecular formula is C14H18ClNO2. The Morgan fingerprint density at radius 3 is 2.67 bits per heavy atom. The molecule has 0 spiro atoms. The molecule has 1 aromatic rings. The minimum atomic E-state index is -0.421. The molecule has 98 valence electrons. The Morgan fingerprint density at radius 2 is 2.00 bits per heavy atom. The molecule has 0 aromatic heterocycles. The van der Waals surface area contributed by atoms with Crippen molar-refractivity contribution >= 4 is 17.5 Å². The SMILES string of the molecule is CN(C(=O)c1ccccc1Cl)[C@H]1CCCC[C@H]1O. The quantitative estimate of drug-likeness (QED) is 0.895. The molecule has 0 saturated heterocycles. The molecule has 3 nitrogen and oxygen atoms in total. The molecular weight excluding hydrogens is 250 g/mol. The van der Waals surface area contributed by atoms with E-state index in [-0.39, 0.29) is 11.9 Å². The largest absolute Gasteiger partial charge is 0.391 e. The summed E-state index contributed by atoms with van der Waals surface area (Å²) >= 11 is 6.03. The third-order valence-corrected chi connectivity index (χ3v) is 3.95. The van der Waals surface area contributed by atoms with Gasteiger partial charge in [-0.1, -0.05) is 36.6 Å². The van der Waals surface area contributed by atoms with Crippen LogP contribution in [0.3, 0.4) is 0 Å². The first-order chi connectivity index (χ1) is 8.61. The fourth-order valence-electron chi connectivity index (χ4n) is 2.52. The van der Waals surface area contributed by atoms with Crippen LogP contribution in [0.5, 0.6) is 0 Å². The molecule has 2 atom stereocenters. The average molecular weight is 268 g/mol. The molecule has 1 N–H and O–H groups in total. The average Bonchev–Trinajstić information content (AvgIpc) is 2.38. The molecule has 1 saturated carbocycles. The molecule has 0 bridgehead atoms. The number of aliphatic hydroxyl groups is 1. The van der Waals surface area contributed by atoms with Crippen LogP contribution in [-0.4, -0.2) is 35.1 Å². The van der Waals surface area contributed by atoms with Gasteiger partial charge in [0, 0.05) is 7.05 Å². The second kappa shape index (κ2) is 5.72. The highest BCUT2D eigenvalue weighted by Gasteiger charge is 2.30. The van der Waals surface area contributed by atoms with Crippen molar-refractivity contribution in [3.63, 3.8) is 0 Å². The second-order valence-electron chi connectivity index (χ2n) is 4.82. The zero-order valence-corrected chi connectivity index (χ0v) is 11.2. The van der Waals surface area contributed by atoms with Crippen LogP contribution in [0.4, 0.5) is 0 Å². The molecule has 0 aliphatic heterocycles. The molecule has 1 fully saturated rings. The van der Waals surface area contributed by atoms with Crippen LogP contribution in [0.25, 0.3) is 0 Å². The highest BCUT2D eigenvalue weighted by Crippen LogP contribution is 2.25. The number of likely N-dealkylation sites (N-methyl/N-ethyl adjacent to an activating group) is 1. The van der Waals surface area contributed by atoms with E-state index in [1.54, 1.807) is 36.2 Å². The van der Waals surface area contributed by atoms with E-state index in [9.17, 15) is 9.90 Å². The standard InChI is InChI=1S/C14H18ClNO2/c1-16(12-8-4-5-9-13(12)17)14(18)10-6-2-3-7-11(10)15/h2-3,6-7,12-13,17H,4-5,8-9H2,1H3/t12-,13+/m0/s1. The van der Waals surface area contributed by atoms with Crippen molar-refractivity contribution in [3.05, 3.63) is 34.9 Å². The Bertz CT molecular complexity index is 436. The predicted octanol–water partition coefficient (Wildman–Crippen LogP) is 2.72. The summed E-state index contributed by atoms with van der Waals surface area (Å²) in [6.07, 6.45) is 3.29. The lowest BCUT2D eigenvalue weighted by molar-refractivity contribution is 0.0268. The fourth-order valence-corrected chi connectivity index (χ4v) is 2.74. The summed E-state index contributed by atoms with van der Waals surface area (Å²) < 4.78 is 0. The maximum Gasteiger partial charge on any atom is 0.255 e. The molecule has 4 heteroatoms. The molecule has 2 rings (SSSR count). The number of hydrogen-bond acceptors (Lipinski definition) is 2. The van der Waals surface area contributed by atoms with Gasteiger partial charge in [-0.3, -0.25) is 4.79 Å². The van der Waals surface area contributed by atoms with Crippen molar-refractivity contribution in [3.8, 4) is 0 Å². The Kier molecular flexibility index (Phi) is 4.25. The third-order valence-electron chi connectivity index (χ3n) is 3.62. The topological polar surface area (TPSA) is 40.5 Å². The molecule has 1 aliphatic carbocycles. The zero-order chi connectivity index (χ0) is 13.1. The number of aliphatic hydroxyl groups excluding tert-OH is 1. The first kappa shape index (κ1) is 13.4. The third kappa shape index (κ3) is 2.68. The highest BCUT2D eigenvalue weighted by molar-refractivity contribution is 6.33. The van der Waals surface area contributed by atoms with Crippen LogP contribution in [0.1, 0.15) is 36.0 Å². The summed E-state index contributed by atoms with van der Waals surface area (Å²) in [7, 11) is 1.74. The number of rotatable bonds is 2. The van der Waals surface area contributed by atoms with Crippen molar-refractivity contribution in [2.75, 3.05) is 7.05 Å². The number of halogens is 1. The zero-order valence-electron chi connectivity index (χ0n) is 10.5. The summed E-state index contributed by atoms with van der Waals surface area (Å²) in [4.78, 5) is 14.0. The van der Waals surface area contributed by atoms with E-state index in [1.165, 1.54) is 0 Å². The Morgan fingerprint density at radius 1 is 1.33 bits per heavy atom. The highest BCUT2D eigenvalue weighted by atomic mass is 35.5. The lowest BCUT2D eigenvalue weighted by Gasteiger charge is -2.35. The van der Waals surface area contributed by atoms with Gasteiger partial charge in [-0.05, 0) is 25.0 Å². The Hall–Kier alpha value is -1.06. The normalized spacial score (nSPS) is 23.7. The van der Waals surface area contributed by atoms with Crippen LogP contribution in [0, 0.1) is 0 Å². The van der Waals surface area contributed by atoms with Crippen LogP contribution < -0.4 is 0 Å². The molecule has 0 unspecified atom stereocenters. The summed E-state index contributed by atoms with van der Waals surface area (Å²) in [6, 6.07) is 6.93. The van der Waals surface area contributed by atoms with Gasteiger partial charge < -0.3 is 10.0 Å². The van der Waals surface area contributed by atoms with Crippen molar-refractivity contribution in [2.24, 2.45) is 0 Å². The lowest BCUT2D eigenvalue weighted by Crippen LogP contribution is -2.46. The van der Waals surface area contributed by atoms with Gasteiger partial charge >= 0.3 is 0 Å². The minimum Gasteiger partial charge on any atom is -0.391 e. The molecule has 1 aromatic carbocycles. The van der Waals surface area contributed by atoms with Crippen molar-refractivity contribution in [2.45, 2.75) is 37.8 Å². The first-order valence-corrected chi connectivity index (χ1v) is 6.69. The van der Waals surface area contributed by atoms with Gasteiger partial charge in [-0.25, -0.2) is 0 Å². The van der Waals surface area contributed by atoms with E-state index in [0.29, 0.717) is 10.6 Å². The van der Waals surface area contributed by atoms with Crippen molar-refractivity contribution < 1.29 is 9.90 Å². The molecule has 0 radical (unpaired) electrons. The van der Waals surface area contributed by atoms with Gasteiger partial charge in [0.1, 0.15) is 0 Å². The van der Waals surface area contributed by atoms with Crippen LogP contribution in [0.15, 0.2) is 24.3 Å². The van der Waals surface area contributed by atoms with Gasteiger partial charge in [0.05, 0.1) is 22.7 Å². The fraction of sp³-hybridized carbons (Fsp3) is 0.500. The molecule has 1 amide bonds. The van der Waals surface area contributed by atoms with E-state index in [2.05, 4.69) is 0 Å². The summed E-state index contributed by atoms with van der Waals surface area (Å²) in [6.45, 7) is 0. The molecule has 18 heavy (non-hydrogen) atoms. The Balaban J connectivity index is 2.16. The maximum absolute atomic E-state index is 12.3. The van der Waals surface area contributed by atoms with E-state index >= 15 is 0 Å². The molecule has 1 aliphatic rings. The van der Waals surface area contributed by atoms with E-state index < -0.39 is 6.10 Å². The minimum absolute atomic E-state index is 0.0949. The predicted molar refractivity (Wildman–Crippen MR) is 71.8 cm³/mol. The second-order valence-corrected chi connectivity index (χ2v) is 5.22. The van der Waals surface area contributed by atoms with Crippen molar-refractivity contribution in [1.82, 2.24) is 4.90 Å². The van der Waals surface area contributed by atoms with Gasteiger partial charge in [0.2, 0.25) is 0 Å². The number of nitrogens with zero attached hydrogens (tertiary/aromatic N) is 1. The van der Waals surface area contributed by atoms with Crippen LogP contribution in [-0.2, 0) is 0 Å². The van der Waals surface area contributed by atoms with Gasteiger partial charge in [0.15, 0.2) is 0 Å². The summed E-state index contributed by atoms with van der Waals surface area (Å²) in [5.74, 6) is -0.119. The van der Waals surface area contributed by atoms with Crippen molar-refractivity contribution in [1.29, 1.82) is 0 Å². The Labute approximate surface area is 112 Å². The van der Waals surface area contributed by atoms with Crippen LogP contribution >= 0.6 is 11.6 Å². The van der Waals surface area contributed by atoms with Gasteiger partial charge in [-0.2, -0.15) is 0 Å². The number of amides is 1. The first-order valence-electron chi connectivity index (χ1n) is 6.31. The van der Waals surface area contributed by atoms with Crippen LogP contribution in [0.2, 0.25) is 5.02 Å². The monoisotopic (exact) mass is 267 g/mol. The van der Waals surface area contributed by atoms with Gasteiger partial charge in [-0.15, -0.1) is 0 Å². The number of benzene rings is 1. The smallest absolute Gasteiger partial charge is 0.255 e. The van der Waals surface area contributed by atoms with E-state index in [0.717, 1.165) is 25.7 Å². The summed E-state index contributed by atoms with van der Waals surface area (Å²) in [5.41, 5.74) is 0.499. The summed E-state index contributed by atoms with van der Waals surface area (Å²) in [5, 5.41) is 10.4.